The molecule has 2 saturated heterocycles. The number of carbonyl (C=O) groups is 1. The number of nitrogens with one attached hydrogen (secondary N) is 2. The molecular weight excluding hydrogens is 494 g/mol. The van der Waals surface area contributed by atoms with Gasteiger partial charge in [-0.1, -0.05) is 6.42 Å². The highest BCUT2D eigenvalue weighted by atomic mass is 16.5. The normalized spacial score (nSPS) is 17.0. The van der Waals surface area contributed by atoms with Crippen LogP contribution in [0, 0.1) is 20.8 Å². The van der Waals surface area contributed by atoms with E-state index in [0.29, 0.717) is 40.7 Å². The SMILES string of the molecule is CCN(c1cc2oc(CN3CCCCC3)nc2c(C(=O)NCc2c(C)cc(C)[nH]c2=O)c1C)C1CCOCC1. The van der Waals surface area contributed by atoms with Crippen LogP contribution in [0.1, 0.15) is 77.7 Å². The van der Waals surface area contributed by atoms with Crippen LogP contribution in [-0.2, 0) is 17.8 Å². The van der Waals surface area contributed by atoms with Gasteiger partial charge in [0, 0.05) is 55.4 Å². The molecule has 4 heterocycles. The smallest absolute Gasteiger partial charge is 0.254 e. The number of fused-ring (bicyclic) bond motifs is 1. The average molecular weight is 536 g/mol. The Morgan fingerprint density at radius 3 is 2.59 bits per heavy atom. The maximum Gasteiger partial charge on any atom is 0.254 e. The first-order chi connectivity index (χ1) is 18.9. The molecule has 0 unspecified atom stereocenters. The Labute approximate surface area is 229 Å². The highest BCUT2D eigenvalue weighted by molar-refractivity contribution is 6.07. The van der Waals surface area contributed by atoms with Crippen LogP contribution in [0.15, 0.2) is 21.3 Å². The molecule has 9 nitrogen and oxygen atoms in total. The summed E-state index contributed by atoms with van der Waals surface area (Å²) in [6.45, 7) is 13.0. The van der Waals surface area contributed by atoms with Gasteiger partial charge in [0.1, 0.15) is 5.52 Å². The molecule has 2 aliphatic heterocycles. The number of ether oxygens (including phenoxy) is 1. The molecule has 1 aromatic carbocycles. The molecule has 9 heteroatoms. The Hall–Kier alpha value is -3.17. The molecule has 39 heavy (non-hydrogen) atoms. The zero-order valence-corrected chi connectivity index (χ0v) is 23.7. The molecule has 2 N–H and O–H groups in total. The van der Waals surface area contributed by atoms with Crippen molar-refractivity contribution >= 4 is 22.7 Å². The Bertz CT molecular complexity index is 1380. The lowest BCUT2D eigenvalue weighted by molar-refractivity contribution is 0.0846. The third-order valence-electron chi connectivity index (χ3n) is 8.20. The van der Waals surface area contributed by atoms with Crippen LogP contribution in [-0.4, -0.2) is 59.7 Å². The van der Waals surface area contributed by atoms with Crippen molar-refractivity contribution < 1.29 is 13.9 Å². The summed E-state index contributed by atoms with van der Waals surface area (Å²) in [7, 11) is 0. The van der Waals surface area contributed by atoms with Crippen molar-refractivity contribution in [1.29, 1.82) is 0 Å². The maximum absolute atomic E-state index is 13.8. The summed E-state index contributed by atoms with van der Waals surface area (Å²) < 4.78 is 11.9. The van der Waals surface area contributed by atoms with E-state index in [4.69, 9.17) is 14.1 Å². The fourth-order valence-corrected chi connectivity index (χ4v) is 6.13. The lowest BCUT2D eigenvalue weighted by Crippen LogP contribution is -2.40. The Morgan fingerprint density at radius 2 is 1.90 bits per heavy atom. The first kappa shape index (κ1) is 27.4. The molecule has 5 rings (SSSR count). The van der Waals surface area contributed by atoms with Crippen LogP contribution >= 0.6 is 0 Å². The molecule has 2 aromatic heterocycles. The van der Waals surface area contributed by atoms with Gasteiger partial charge in [0.2, 0.25) is 5.89 Å². The van der Waals surface area contributed by atoms with Gasteiger partial charge in [-0.2, -0.15) is 0 Å². The van der Waals surface area contributed by atoms with Crippen LogP contribution in [0.3, 0.4) is 0 Å². The van der Waals surface area contributed by atoms with E-state index in [1.807, 2.05) is 26.8 Å². The second-order valence-corrected chi connectivity index (χ2v) is 10.9. The fraction of sp³-hybridized carbons (Fsp3) is 0.567. The summed E-state index contributed by atoms with van der Waals surface area (Å²) in [5.74, 6) is 0.386. The lowest BCUT2D eigenvalue weighted by Gasteiger charge is -2.36. The number of aryl methyl sites for hydroxylation is 2. The Balaban J connectivity index is 1.52. The summed E-state index contributed by atoms with van der Waals surface area (Å²) in [4.78, 5) is 38.8. The number of likely N-dealkylation sites (tertiary alicyclic amines) is 1. The van der Waals surface area contributed by atoms with E-state index >= 15 is 0 Å². The molecular formula is C30H41N5O4. The third kappa shape index (κ3) is 5.89. The number of H-pyrrole nitrogens is 1. The number of rotatable bonds is 8. The standard InChI is InChI=1S/C30H41N5O4/c1-5-35(22-9-13-38-14-10-22)24-16-25-28(33-26(39-25)18-34-11-7-6-8-12-34)27(21(24)4)30(37)31-17-23-19(2)15-20(3)32-29(23)36/h15-16,22H,5-14,17-18H2,1-4H3,(H,31,37)(H,32,36). The Morgan fingerprint density at radius 1 is 1.15 bits per heavy atom. The number of oxazole rings is 1. The number of nitrogens with zero attached hydrogens (tertiary/aromatic N) is 3. The predicted octanol–water partition coefficient (Wildman–Crippen LogP) is 4.36. The second kappa shape index (κ2) is 11.9. The van der Waals surface area contributed by atoms with Gasteiger partial charge in [0.15, 0.2) is 5.58 Å². The number of carbonyl (C=O) groups excluding carboxylic acids is 1. The second-order valence-electron chi connectivity index (χ2n) is 10.9. The van der Waals surface area contributed by atoms with Gasteiger partial charge in [-0.15, -0.1) is 0 Å². The van der Waals surface area contributed by atoms with Gasteiger partial charge >= 0.3 is 0 Å². The molecule has 1 amide bonds. The average Bonchev–Trinajstić information content (AvgIpc) is 3.31. The zero-order valence-electron chi connectivity index (χ0n) is 23.7. The van der Waals surface area contributed by atoms with E-state index in [1.165, 1.54) is 19.3 Å². The molecule has 3 aromatic rings. The molecule has 210 valence electrons. The van der Waals surface area contributed by atoms with E-state index in [1.54, 1.807) is 0 Å². The highest BCUT2D eigenvalue weighted by Gasteiger charge is 2.28. The summed E-state index contributed by atoms with van der Waals surface area (Å²) >= 11 is 0. The van der Waals surface area contributed by atoms with E-state index < -0.39 is 0 Å². The number of anilines is 1. The van der Waals surface area contributed by atoms with Crippen LogP contribution in [0.4, 0.5) is 5.69 Å². The van der Waals surface area contributed by atoms with Crippen LogP contribution < -0.4 is 15.8 Å². The van der Waals surface area contributed by atoms with Gasteiger partial charge in [0.05, 0.1) is 12.1 Å². The monoisotopic (exact) mass is 535 g/mol. The van der Waals surface area contributed by atoms with Gasteiger partial charge in [-0.3, -0.25) is 14.5 Å². The first-order valence-electron chi connectivity index (χ1n) is 14.3. The molecule has 0 aliphatic carbocycles. The van der Waals surface area contributed by atoms with Gasteiger partial charge in [-0.25, -0.2) is 4.98 Å². The van der Waals surface area contributed by atoms with Crippen molar-refractivity contribution in [3.63, 3.8) is 0 Å². The quantitative estimate of drug-likeness (QED) is 0.442. The van der Waals surface area contributed by atoms with Gasteiger partial charge < -0.3 is 24.4 Å². The third-order valence-corrected chi connectivity index (χ3v) is 8.20. The molecule has 0 saturated carbocycles. The van der Waals surface area contributed by atoms with Crippen LogP contribution in [0.2, 0.25) is 0 Å². The maximum atomic E-state index is 13.8. The zero-order chi connectivity index (χ0) is 27.5. The summed E-state index contributed by atoms with van der Waals surface area (Å²) in [5, 5.41) is 3.01. The van der Waals surface area contributed by atoms with Crippen molar-refractivity contribution in [3.05, 3.63) is 56.3 Å². The van der Waals surface area contributed by atoms with Crippen molar-refractivity contribution in [2.24, 2.45) is 0 Å². The molecule has 2 fully saturated rings. The molecule has 0 atom stereocenters. The lowest BCUT2D eigenvalue weighted by atomic mass is 9.99. The van der Waals surface area contributed by atoms with Crippen LogP contribution in [0.25, 0.3) is 11.1 Å². The highest BCUT2D eigenvalue weighted by Crippen LogP contribution is 2.34. The topological polar surface area (TPSA) is 104 Å². The van der Waals surface area contributed by atoms with Gasteiger partial charge in [-0.05, 0) is 83.7 Å². The fourth-order valence-electron chi connectivity index (χ4n) is 6.13. The summed E-state index contributed by atoms with van der Waals surface area (Å²) in [6, 6.07) is 4.31. The van der Waals surface area contributed by atoms with Crippen molar-refractivity contribution in [1.82, 2.24) is 20.2 Å². The minimum atomic E-state index is -0.250. The number of hydrogen-bond acceptors (Lipinski definition) is 7. The van der Waals surface area contributed by atoms with E-state index in [2.05, 4.69) is 33.1 Å². The number of aromatic amines is 1. The number of hydrogen-bond donors (Lipinski definition) is 2. The van der Waals surface area contributed by atoms with Crippen molar-refractivity contribution in [3.8, 4) is 0 Å². The largest absolute Gasteiger partial charge is 0.439 e. The van der Waals surface area contributed by atoms with Crippen molar-refractivity contribution in [2.75, 3.05) is 37.7 Å². The first-order valence-corrected chi connectivity index (χ1v) is 14.3. The minimum absolute atomic E-state index is 0.140. The molecule has 2 aliphatic rings. The molecule has 0 spiro atoms. The van der Waals surface area contributed by atoms with Crippen LogP contribution in [0.5, 0.6) is 0 Å². The van der Waals surface area contributed by atoms with E-state index in [-0.39, 0.29) is 18.0 Å². The number of amides is 1. The molecule has 0 radical (unpaired) electrons. The Kier molecular flexibility index (Phi) is 8.37. The minimum Gasteiger partial charge on any atom is -0.439 e. The predicted molar refractivity (Wildman–Crippen MR) is 152 cm³/mol. The van der Waals surface area contributed by atoms with E-state index in [9.17, 15) is 9.59 Å². The summed E-state index contributed by atoms with van der Waals surface area (Å²) in [5.41, 5.74) is 5.63. The number of aromatic nitrogens is 2. The number of pyridine rings is 1. The van der Waals surface area contributed by atoms with Gasteiger partial charge in [0.25, 0.3) is 11.5 Å². The molecule has 0 bridgehead atoms. The van der Waals surface area contributed by atoms with Crippen molar-refractivity contribution in [2.45, 2.75) is 78.9 Å². The number of benzene rings is 1. The van der Waals surface area contributed by atoms with E-state index in [0.717, 1.165) is 68.2 Å². The number of piperidine rings is 1. The summed E-state index contributed by atoms with van der Waals surface area (Å²) in [6.07, 6.45) is 5.52.